The lowest BCUT2D eigenvalue weighted by atomic mass is 10.0. The van der Waals surface area contributed by atoms with Gasteiger partial charge in [-0.15, -0.1) is 0 Å². The average Bonchev–Trinajstić information content (AvgIpc) is 2.30. The molecule has 0 aliphatic carbocycles. The maximum Gasteiger partial charge on any atom is 0.311 e. The van der Waals surface area contributed by atoms with Crippen LogP contribution in [0.25, 0.3) is 0 Å². The van der Waals surface area contributed by atoms with Crippen LogP contribution in [0, 0.1) is 0 Å². The van der Waals surface area contributed by atoms with Crippen molar-refractivity contribution >= 4 is 0 Å². The van der Waals surface area contributed by atoms with E-state index < -0.39 is 56.3 Å². The molecule has 5 unspecified atom stereocenters. The molecule has 0 saturated carbocycles. The van der Waals surface area contributed by atoms with E-state index in [1.54, 1.807) is 0 Å². The fourth-order valence-electron chi connectivity index (χ4n) is 1.18. The van der Waals surface area contributed by atoms with Crippen LogP contribution in [0.2, 0.25) is 0 Å². The van der Waals surface area contributed by atoms with Gasteiger partial charge in [0.2, 0.25) is 6.17 Å². The highest BCUT2D eigenvalue weighted by Gasteiger charge is 2.48. The molecule has 0 spiro atoms. The van der Waals surface area contributed by atoms with E-state index in [-0.39, 0.29) is 0 Å². The Morgan fingerprint density at radius 1 is 0.833 bits per heavy atom. The minimum Gasteiger partial charge on any atom is -0.341 e. The predicted octanol–water partition coefficient (Wildman–Crippen LogP) is 1.06. The molecule has 0 aromatic carbocycles. The van der Waals surface area contributed by atoms with Crippen LogP contribution >= 0.6 is 0 Å². The third kappa shape index (κ3) is 4.99. The molecule has 3 nitrogen and oxygen atoms in total. The van der Waals surface area contributed by atoms with Gasteiger partial charge in [0.25, 0.3) is 0 Å². The topological polar surface area (TPSA) is 60.7 Å². The van der Waals surface area contributed by atoms with Gasteiger partial charge in [0.1, 0.15) is 6.17 Å². The van der Waals surface area contributed by atoms with Gasteiger partial charge in [-0.3, -0.25) is 4.39 Å². The van der Waals surface area contributed by atoms with Crippen molar-refractivity contribution < 1.29 is 41.7 Å². The number of hydrogen-bond donors (Lipinski definition) is 3. The van der Waals surface area contributed by atoms with Gasteiger partial charge in [-0.25, -0.2) is 22.0 Å². The molecule has 0 amide bonds. The second kappa shape index (κ2) is 7.15. The first-order chi connectivity index (χ1) is 8.12. The molecule has 0 aromatic heterocycles. The van der Waals surface area contributed by atoms with Gasteiger partial charge >= 0.3 is 5.97 Å². The summed E-state index contributed by atoms with van der Waals surface area (Å²) in [7, 11) is 0. The summed E-state index contributed by atoms with van der Waals surface area (Å²) in [4.78, 5) is 0. The van der Waals surface area contributed by atoms with Crippen molar-refractivity contribution in [3.05, 3.63) is 0 Å². The van der Waals surface area contributed by atoms with E-state index in [2.05, 4.69) is 0 Å². The lowest BCUT2D eigenvalue weighted by molar-refractivity contribution is -0.352. The summed E-state index contributed by atoms with van der Waals surface area (Å²) in [5, 5.41) is 24.7. The lowest BCUT2D eigenvalue weighted by Gasteiger charge is -2.26. The molecule has 0 radical (unpaired) electrons. The van der Waals surface area contributed by atoms with E-state index in [1.165, 1.54) is 0 Å². The van der Waals surface area contributed by atoms with Crippen LogP contribution in [-0.4, -0.2) is 58.8 Å². The van der Waals surface area contributed by atoms with Crippen molar-refractivity contribution in [2.75, 3.05) is 6.67 Å². The highest BCUT2D eigenvalue weighted by Crippen LogP contribution is 2.26. The molecule has 0 rings (SSSR count). The summed E-state index contributed by atoms with van der Waals surface area (Å²) in [6, 6.07) is 0. The van der Waals surface area contributed by atoms with E-state index in [9.17, 15) is 26.3 Å². The molecule has 0 fully saturated rings. The monoisotopic (exact) mass is 284 g/mol. The van der Waals surface area contributed by atoms with Gasteiger partial charge in [0, 0.05) is 0 Å². The highest BCUT2D eigenvalue weighted by molar-refractivity contribution is 4.88. The molecule has 0 bridgehead atoms. The second-order valence-corrected chi connectivity index (χ2v) is 3.77. The molecule has 5 atom stereocenters. The van der Waals surface area contributed by atoms with Gasteiger partial charge in [-0.2, -0.15) is 0 Å². The van der Waals surface area contributed by atoms with Crippen molar-refractivity contribution in [2.45, 2.75) is 49.7 Å². The Hall–Kier alpha value is -0.540. The van der Waals surface area contributed by atoms with Gasteiger partial charge < -0.3 is 15.3 Å². The molecule has 0 heterocycles. The standard InChI is InChI=1S/C9H14F6O3/c10-3-1-2-4(11)5(12)6(13)7(14)8(15)9(16,17)18/h4-8,16-18H,1-3H2. The van der Waals surface area contributed by atoms with Crippen LogP contribution in [0.3, 0.4) is 0 Å². The van der Waals surface area contributed by atoms with Gasteiger partial charge in [-0.05, 0) is 12.8 Å². The van der Waals surface area contributed by atoms with Gasteiger partial charge in [-0.1, -0.05) is 0 Å². The SMILES string of the molecule is OC(O)(O)C(F)C(F)C(F)C(F)C(F)CCCF. The fraction of sp³-hybridized carbons (Fsp3) is 1.00. The molecule has 0 aliphatic rings. The van der Waals surface area contributed by atoms with Crippen molar-refractivity contribution in [3.63, 3.8) is 0 Å². The minimum atomic E-state index is -4.20. The number of rotatable bonds is 8. The highest BCUT2D eigenvalue weighted by atomic mass is 19.2. The van der Waals surface area contributed by atoms with E-state index in [0.29, 0.717) is 0 Å². The summed E-state index contributed by atoms with van der Waals surface area (Å²) >= 11 is 0. The first-order valence-electron chi connectivity index (χ1n) is 5.06. The zero-order chi connectivity index (χ0) is 14.5. The maximum atomic E-state index is 13.0. The largest absolute Gasteiger partial charge is 0.341 e. The van der Waals surface area contributed by atoms with E-state index in [1.807, 2.05) is 0 Å². The maximum absolute atomic E-state index is 13.0. The summed E-state index contributed by atoms with van der Waals surface area (Å²) in [5.41, 5.74) is 0. The van der Waals surface area contributed by atoms with Crippen LogP contribution in [-0.2, 0) is 0 Å². The molecule has 9 heteroatoms. The van der Waals surface area contributed by atoms with Crippen molar-refractivity contribution in [2.24, 2.45) is 0 Å². The van der Waals surface area contributed by atoms with Crippen molar-refractivity contribution in [3.8, 4) is 0 Å². The summed E-state index contributed by atoms with van der Waals surface area (Å²) in [5.74, 6) is -4.20. The second-order valence-electron chi connectivity index (χ2n) is 3.77. The fourth-order valence-corrected chi connectivity index (χ4v) is 1.18. The van der Waals surface area contributed by atoms with Crippen molar-refractivity contribution in [1.29, 1.82) is 0 Å². The van der Waals surface area contributed by atoms with Crippen LogP contribution in [0.5, 0.6) is 0 Å². The van der Waals surface area contributed by atoms with E-state index >= 15 is 0 Å². The predicted molar refractivity (Wildman–Crippen MR) is 49.1 cm³/mol. The molecule has 0 saturated heterocycles. The van der Waals surface area contributed by atoms with Crippen LogP contribution < -0.4 is 0 Å². The van der Waals surface area contributed by atoms with E-state index in [0.717, 1.165) is 0 Å². The van der Waals surface area contributed by atoms with E-state index in [4.69, 9.17) is 15.3 Å². The Bertz CT molecular complexity index is 237. The molecule has 0 aliphatic heterocycles. The average molecular weight is 284 g/mol. The number of alkyl halides is 6. The Labute approximate surface area is 99.0 Å². The molecular formula is C9H14F6O3. The number of hydrogen-bond acceptors (Lipinski definition) is 3. The third-order valence-corrected chi connectivity index (χ3v) is 2.22. The molecule has 18 heavy (non-hydrogen) atoms. The number of aliphatic hydroxyl groups is 3. The van der Waals surface area contributed by atoms with Crippen LogP contribution in [0.15, 0.2) is 0 Å². The smallest absolute Gasteiger partial charge is 0.311 e. The molecule has 110 valence electrons. The quantitative estimate of drug-likeness (QED) is 0.461. The summed E-state index contributed by atoms with van der Waals surface area (Å²) in [6.07, 6.45) is -17.2. The summed E-state index contributed by atoms with van der Waals surface area (Å²) in [6.45, 7) is -0.984. The van der Waals surface area contributed by atoms with Gasteiger partial charge in [0.05, 0.1) is 6.67 Å². The Balaban J connectivity index is 4.48. The third-order valence-electron chi connectivity index (χ3n) is 2.22. The Morgan fingerprint density at radius 3 is 1.72 bits per heavy atom. The Morgan fingerprint density at radius 2 is 1.33 bits per heavy atom. The normalized spacial score (nSPS) is 21.2. The first-order valence-corrected chi connectivity index (χ1v) is 5.06. The first kappa shape index (κ1) is 17.5. The zero-order valence-corrected chi connectivity index (χ0v) is 9.12. The van der Waals surface area contributed by atoms with Crippen LogP contribution in [0.1, 0.15) is 12.8 Å². The lowest BCUT2D eigenvalue weighted by Crippen LogP contribution is -2.50. The van der Waals surface area contributed by atoms with Crippen molar-refractivity contribution in [1.82, 2.24) is 0 Å². The molecule has 3 N–H and O–H groups in total. The summed E-state index contributed by atoms with van der Waals surface area (Å²) < 4.78 is 76.1. The van der Waals surface area contributed by atoms with Crippen LogP contribution in [0.4, 0.5) is 26.3 Å². The molecular weight excluding hydrogens is 270 g/mol. The van der Waals surface area contributed by atoms with Gasteiger partial charge in [0.15, 0.2) is 18.5 Å². The number of halogens is 6. The Kier molecular flexibility index (Phi) is 6.93. The zero-order valence-electron chi connectivity index (χ0n) is 9.12. The molecule has 0 aromatic rings. The minimum absolute atomic E-state index is 0.422.